The summed E-state index contributed by atoms with van der Waals surface area (Å²) >= 11 is 6.53. The van der Waals surface area contributed by atoms with E-state index >= 15 is 0 Å². The van der Waals surface area contributed by atoms with Crippen LogP contribution in [0.25, 0.3) is 0 Å². The van der Waals surface area contributed by atoms with Crippen LogP contribution in [0.3, 0.4) is 0 Å². The van der Waals surface area contributed by atoms with Crippen LogP contribution in [0.4, 0.5) is 11.4 Å². The summed E-state index contributed by atoms with van der Waals surface area (Å²) in [6, 6.07) is 6.63. The van der Waals surface area contributed by atoms with Gasteiger partial charge in [-0.25, -0.2) is 0 Å². The molecule has 0 amide bonds. The maximum atomic E-state index is 6.53. The second-order valence-electron chi connectivity index (χ2n) is 5.73. The second kappa shape index (κ2) is 6.04. The zero-order valence-electron chi connectivity index (χ0n) is 11.6. The Kier molecular flexibility index (Phi) is 4.17. The molecule has 0 bridgehead atoms. The topological polar surface area (TPSA) is 6.48 Å². The van der Waals surface area contributed by atoms with Gasteiger partial charge in [0.05, 0.1) is 10.7 Å². The Morgan fingerprint density at radius 1 is 0.737 bits per heavy atom. The monoisotopic (exact) mass is 278 g/mol. The number of anilines is 2. The van der Waals surface area contributed by atoms with E-state index in [2.05, 4.69) is 28.0 Å². The van der Waals surface area contributed by atoms with Crippen LogP contribution in [-0.2, 0) is 0 Å². The second-order valence-corrected chi connectivity index (χ2v) is 6.14. The van der Waals surface area contributed by atoms with Gasteiger partial charge in [-0.15, -0.1) is 0 Å². The van der Waals surface area contributed by atoms with Gasteiger partial charge in [0.1, 0.15) is 0 Å². The van der Waals surface area contributed by atoms with Crippen LogP contribution in [0.5, 0.6) is 0 Å². The maximum Gasteiger partial charge on any atom is 0.0660 e. The van der Waals surface area contributed by atoms with Crippen LogP contribution in [0.2, 0.25) is 5.02 Å². The van der Waals surface area contributed by atoms with Crippen LogP contribution in [-0.4, -0.2) is 26.2 Å². The fraction of sp³-hybridized carbons (Fsp3) is 0.625. The van der Waals surface area contributed by atoms with Crippen molar-refractivity contribution in [1.82, 2.24) is 0 Å². The summed E-state index contributed by atoms with van der Waals surface area (Å²) in [6.07, 6.45) is 7.94. The summed E-state index contributed by atoms with van der Waals surface area (Å²) in [6.45, 7) is 4.67. The quantitative estimate of drug-likeness (QED) is 0.795. The van der Waals surface area contributed by atoms with Gasteiger partial charge in [0, 0.05) is 31.9 Å². The highest BCUT2D eigenvalue weighted by atomic mass is 35.5. The van der Waals surface area contributed by atoms with Crippen LogP contribution in [0.1, 0.15) is 38.5 Å². The number of hydrogen-bond donors (Lipinski definition) is 0. The van der Waals surface area contributed by atoms with Crippen molar-refractivity contribution in [2.45, 2.75) is 38.5 Å². The Hall–Kier alpha value is -0.890. The van der Waals surface area contributed by atoms with E-state index in [4.69, 9.17) is 11.6 Å². The number of hydrogen-bond acceptors (Lipinski definition) is 2. The summed E-state index contributed by atoms with van der Waals surface area (Å²) in [5.41, 5.74) is 2.52. The van der Waals surface area contributed by atoms with E-state index in [0.29, 0.717) is 0 Å². The molecule has 1 aromatic carbocycles. The molecule has 19 heavy (non-hydrogen) atoms. The molecule has 2 heterocycles. The molecule has 0 aliphatic carbocycles. The van der Waals surface area contributed by atoms with Crippen LogP contribution >= 0.6 is 11.6 Å². The third kappa shape index (κ3) is 3.00. The molecule has 0 radical (unpaired) electrons. The van der Waals surface area contributed by atoms with Crippen LogP contribution in [0.15, 0.2) is 18.2 Å². The fourth-order valence-electron chi connectivity index (χ4n) is 3.24. The largest absolute Gasteiger partial charge is 0.371 e. The first kappa shape index (κ1) is 13.1. The Morgan fingerprint density at radius 2 is 1.32 bits per heavy atom. The molecule has 2 aliphatic heterocycles. The molecule has 0 N–H and O–H groups in total. The predicted octanol–water partition coefficient (Wildman–Crippen LogP) is 4.32. The molecule has 0 saturated carbocycles. The standard InChI is InChI=1S/C16H23ClN2/c17-15-13-14(18-9-5-6-10-18)7-8-16(15)19-11-3-1-2-4-12-19/h7-8,13H,1-6,9-12H2. The fourth-order valence-corrected chi connectivity index (χ4v) is 3.53. The van der Waals surface area contributed by atoms with E-state index in [1.807, 2.05) is 0 Å². The van der Waals surface area contributed by atoms with Crippen LogP contribution < -0.4 is 9.80 Å². The lowest BCUT2D eigenvalue weighted by molar-refractivity contribution is 0.726. The van der Waals surface area contributed by atoms with Crippen molar-refractivity contribution in [3.05, 3.63) is 23.2 Å². The van der Waals surface area contributed by atoms with Gasteiger partial charge in [-0.1, -0.05) is 24.4 Å². The van der Waals surface area contributed by atoms with Crippen molar-refractivity contribution < 1.29 is 0 Å². The van der Waals surface area contributed by atoms with Gasteiger partial charge in [0.15, 0.2) is 0 Å². The molecule has 3 heteroatoms. The molecule has 3 rings (SSSR count). The first-order valence-corrected chi connectivity index (χ1v) is 8.02. The number of benzene rings is 1. The molecular weight excluding hydrogens is 256 g/mol. The summed E-state index contributed by atoms with van der Waals surface area (Å²) in [7, 11) is 0. The van der Waals surface area contributed by atoms with E-state index in [1.54, 1.807) is 0 Å². The zero-order chi connectivity index (χ0) is 13.1. The van der Waals surface area contributed by atoms with E-state index in [9.17, 15) is 0 Å². The van der Waals surface area contributed by atoms with Crippen molar-refractivity contribution in [3.63, 3.8) is 0 Å². The summed E-state index contributed by atoms with van der Waals surface area (Å²) in [4.78, 5) is 4.90. The third-order valence-electron chi connectivity index (χ3n) is 4.35. The lowest BCUT2D eigenvalue weighted by Crippen LogP contribution is -2.24. The molecule has 0 aromatic heterocycles. The minimum Gasteiger partial charge on any atom is -0.371 e. The molecular formula is C16H23ClN2. The van der Waals surface area contributed by atoms with Crippen molar-refractivity contribution in [2.24, 2.45) is 0 Å². The molecule has 2 aliphatic rings. The average molecular weight is 279 g/mol. The molecule has 0 atom stereocenters. The Balaban J connectivity index is 1.78. The van der Waals surface area contributed by atoms with E-state index < -0.39 is 0 Å². The minimum absolute atomic E-state index is 0.923. The predicted molar refractivity (Wildman–Crippen MR) is 83.6 cm³/mol. The van der Waals surface area contributed by atoms with E-state index in [-0.39, 0.29) is 0 Å². The molecule has 0 unspecified atom stereocenters. The molecule has 2 nitrogen and oxygen atoms in total. The van der Waals surface area contributed by atoms with Gasteiger partial charge in [-0.2, -0.15) is 0 Å². The summed E-state index contributed by atoms with van der Waals surface area (Å²) < 4.78 is 0. The third-order valence-corrected chi connectivity index (χ3v) is 4.65. The maximum absolute atomic E-state index is 6.53. The Morgan fingerprint density at radius 3 is 1.95 bits per heavy atom. The van der Waals surface area contributed by atoms with Gasteiger partial charge in [0.2, 0.25) is 0 Å². The summed E-state index contributed by atoms with van der Waals surface area (Å²) in [5.74, 6) is 0. The summed E-state index contributed by atoms with van der Waals surface area (Å²) in [5, 5.41) is 0.923. The minimum atomic E-state index is 0.923. The Bertz CT molecular complexity index is 419. The first-order valence-electron chi connectivity index (χ1n) is 7.64. The lowest BCUT2D eigenvalue weighted by atomic mass is 10.2. The van der Waals surface area contributed by atoms with E-state index in [0.717, 1.165) is 18.1 Å². The van der Waals surface area contributed by atoms with Crippen molar-refractivity contribution in [3.8, 4) is 0 Å². The molecule has 2 saturated heterocycles. The number of rotatable bonds is 2. The average Bonchev–Trinajstić information content (AvgIpc) is 2.82. The lowest BCUT2D eigenvalue weighted by Gasteiger charge is -2.25. The first-order chi connectivity index (χ1) is 9.34. The van der Waals surface area contributed by atoms with Gasteiger partial charge in [-0.3, -0.25) is 0 Å². The number of halogens is 1. The SMILES string of the molecule is Clc1cc(N2CCCC2)ccc1N1CCCCCC1. The van der Waals surface area contributed by atoms with Crippen molar-refractivity contribution >= 4 is 23.0 Å². The van der Waals surface area contributed by atoms with Gasteiger partial charge < -0.3 is 9.80 Å². The highest BCUT2D eigenvalue weighted by Gasteiger charge is 2.16. The van der Waals surface area contributed by atoms with Crippen molar-refractivity contribution in [1.29, 1.82) is 0 Å². The normalized spacial score (nSPS) is 20.7. The van der Waals surface area contributed by atoms with Crippen LogP contribution in [0, 0.1) is 0 Å². The molecule has 1 aromatic rings. The molecule has 2 fully saturated rings. The number of nitrogens with zero attached hydrogens (tertiary/aromatic N) is 2. The molecule has 104 valence electrons. The smallest absolute Gasteiger partial charge is 0.0660 e. The zero-order valence-corrected chi connectivity index (χ0v) is 12.3. The highest BCUT2D eigenvalue weighted by Crippen LogP contribution is 2.32. The molecule has 0 spiro atoms. The van der Waals surface area contributed by atoms with Crippen molar-refractivity contribution in [2.75, 3.05) is 36.0 Å². The van der Waals surface area contributed by atoms with Gasteiger partial charge >= 0.3 is 0 Å². The van der Waals surface area contributed by atoms with Gasteiger partial charge in [-0.05, 0) is 43.9 Å². The Labute approximate surface area is 121 Å². The highest BCUT2D eigenvalue weighted by molar-refractivity contribution is 6.33. The van der Waals surface area contributed by atoms with Gasteiger partial charge in [0.25, 0.3) is 0 Å². The van der Waals surface area contributed by atoms with E-state index in [1.165, 1.54) is 63.0 Å².